The fourth-order valence-corrected chi connectivity index (χ4v) is 2.60. The smallest absolute Gasteiger partial charge is 0.343 e. The number of esters is 1. The van der Waals surface area contributed by atoms with E-state index in [1.165, 1.54) is 0 Å². The van der Waals surface area contributed by atoms with Gasteiger partial charge in [-0.05, 0) is 61.0 Å². The van der Waals surface area contributed by atoms with E-state index >= 15 is 0 Å². The quantitative estimate of drug-likeness (QED) is 0.417. The first-order valence-electron chi connectivity index (χ1n) is 8.49. The van der Waals surface area contributed by atoms with Gasteiger partial charge in [-0.25, -0.2) is 4.79 Å². The highest BCUT2D eigenvalue weighted by atomic mass is 35.5. The van der Waals surface area contributed by atoms with E-state index < -0.39 is 5.97 Å². The normalized spacial score (nSPS) is 10.7. The maximum absolute atomic E-state index is 12.4. The van der Waals surface area contributed by atoms with Crippen molar-refractivity contribution >= 4 is 29.7 Å². The summed E-state index contributed by atoms with van der Waals surface area (Å²) in [7, 11) is 0. The molecule has 4 nitrogen and oxygen atoms in total. The highest BCUT2D eigenvalue weighted by Crippen LogP contribution is 2.30. The van der Waals surface area contributed by atoms with Crippen LogP contribution in [0.25, 0.3) is 12.2 Å². The third-order valence-electron chi connectivity index (χ3n) is 3.66. The van der Waals surface area contributed by atoms with Crippen molar-refractivity contribution in [2.45, 2.75) is 6.92 Å². The number of rotatable bonds is 6. The van der Waals surface area contributed by atoms with Gasteiger partial charge < -0.3 is 9.47 Å². The van der Waals surface area contributed by atoms with Crippen molar-refractivity contribution in [3.05, 3.63) is 88.7 Å². The molecular formula is C22H18ClNO3. The third-order valence-corrected chi connectivity index (χ3v) is 3.90. The van der Waals surface area contributed by atoms with Gasteiger partial charge in [-0.2, -0.15) is 0 Å². The molecule has 0 saturated heterocycles. The summed E-state index contributed by atoms with van der Waals surface area (Å²) >= 11 is 5.93. The van der Waals surface area contributed by atoms with E-state index in [0.29, 0.717) is 28.7 Å². The van der Waals surface area contributed by atoms with Gasteiger partial charge in [0.05, 0.1) is 17.9 Å². The van der Waals surface area contributed by atoms with Crippen molar-refractivity contribution < 1.29 is 14.3 Å². The van der Waals surface area contributed by atoms with Gasteiger partial charge in [0, 0.05) is 11.2 Å². The molecule has 1 heterocycles. The van der Waals surface area contributed by atoms with E-state index in [1.807, 2.05) is 49.4 Å². The van der Waals surface area contributed by atoms with Gasteiger partial charge in [-0.15, -0.1) is 0 Å². The summed E-state index contributed by atoms with van der Waals surface area (Å²) in [6.45, 7) is 2.33. The molecule has 0 radical (unpaired) electrons. The van der Waals surface area contributed by atoms with Crippen LogP contribution in [0, 0.1) is 0 Å². The van der Waals surface area contributed by atoms with Crippen LogP contribution in [0.1, 0.15) is 28.5 Å². The first-order valence-corrected chi connectivity index (χ1v) is 8.87. The van der Waals surface area contributed by atoms with Crippen LogP contribution in [0.2, 0.25) is 5.02 Å². The molecule has 1 aromatic heterocycles. The molecule has 0 spiro atoms. The summed E-state index contributed by atoms with van der Waals surface area (Å²) in [6.07, 6.45) is 5.57. The van der Waals surface area contributed by atoms with E-state index in [1.54, 1.807) is 36.5 Å². The molecule has 3 aromatic rings. The van der Waals surface area contributed by atoms with Crippen LogP contribution in [0.15, 0.2) is 66.9 Å². The Hall–Kier alpha value is -3.11. The predicted molar refractivity (Wildman–Crippen MR) is 107 cm³/mol. The summed E-state index contributed by atoms with van der Waals surface area (Å²) in [5, 5.41) is 0.476. The molecule has 5 heteroatoms. The number of halogens is 1. The second-order valence-corrected chi connectivity index (χ2v) is 6.06. The van der Waals surface area contributed by atoms with Crippen LogP contribution in [0.5, 0.6) is 11.5 Å². The van der Waals surface area contributed by atoms with E-state index in [-0.39, 0.29) is 0 Å². The molecule has 0 bridgehead atoms. The number of aromatic nitrogens is 1. The van der Waals surface area contributed by atoms with Crippen molar-refractivity contribution in [2.75, 3.05) is 6.61 Å². The van der Waals surface area contributed by atoms with Crippen LogP contribution in [-0.2, 0) is 0 Å². The van der Waals surface area contributed by atoms with Crippen LogP contribution in [0.3, 0.4) is 0 Å². The molecule has 0 aliphatic rings. The average molecular weight is 380 g/mol. The molecule has 136 valence electrons. The Morgan fingerprint density at radius 2 is 1.93 bits per heavy atom. The zero-order valence-electron chi connectivity index (χ0n) is 14.8. The number of hydrogen-bond donors (Lipinski definition) is 0. The lowest BCUT2D eigenvalue weighted by molar-refractivity contribution is 0.0728. The lowest BCUT2D eigenvalue weighted by atomic mass is 10.1. The highest BCUT2D eigenvalue weighted by molar-refractivity contribution is 6.30. The maximum Gasteiger partial charge on any atom is 0.343 e. The van der Waals surface area contributed by atoms with Gasteiger partial charge in [-0.3, -0.25) is 4.98 Å². The summed E-state index contributed by atoms with van der Waals surface area (Å²) in [5.41, 5.74) is 2.14. The van der Waals surface area contributed by atoms with Crippen LogP contribution >= 0.6 is 11.6 Å². The first kappa shape index (κ1) is 18.7. The third kappa shape index (κ3) is 5.19. The van der Waals surface area contributed by atoms with Crippen LogP contribution in [-0.4, -0.2) is 17.6 Å². The van der Waals surface area contributed by atoms with Gasteiger partial charge in [0.25, 0.3) is 0 Å². The van der Waals surface area contributed by atoms with Crippen molar-refractivity contribution in [2.24, 2.45) is 0 Å². The summed E-state index contributed by atoms with van der Waals surface area (Å²) in [5.74, 6) is 0.364. The molecule has 0 atom stereocenters. The second kappa shape index (κ2) is 9.01. The largest absolute Gasteiger partial charge is 0.490 e. The molecule has 0 N–H and O–H groups in total. The van der Waals surface area contributed by atoms with Gasteiger partial charge in [0.15, 0.2) is 11.5 Å². The van der Waals surface area contributed by atoms with E-state index in [0.717, 1.165) is 11.3 Å². The minimum atomic E-state index is -0.491. The second-order valence-electron chi connectivity index (χ2n) is 5.63. The summed E-state index contributed by atoms with van der Waals surface area (Å²) in [4.78, 5) is 16.6. The Labute approximate surface area is 163 Å². The maximum atomic E-state index is 12.4. The number of benzene rings is 2. The summed E-state index contributed by atoms with van der Waals surface area (Å²) in [6, 6.07) is 17.7. The highest BCUT2D eigenvalue weighted by Gasteiger charge is 2.13. The SMILES string of the molecule is CCOc1cc(/C=C/c2ccccn2)ccc1OC(=O)c1cccc(Cl)c1. The Balaban J connectivity index is 1.81. The molecule has 27 heavy (non-hydrogen) atoms. The van der Waals surface area contributed by atoms with Crippen molar-refractivity contribution in [3.8, 4) is 11.5 Å². The monoisotopic (exact) mass is 379 g/mol. The van der Waals surface area contributed by atoms with E-state index in [4.69, 9.17) is 21.1 Å². The number of nitrogens with zero attached hydrogens (tertiary/aromatic N) is 1. The molecule has 0 amide bonds. The van der Waals surface area contributed by atoms with E-state index in [9.17, 15) is 4.79 Å². The van der Waals surface area contributed by atoms with Crippen LogP contribution < -0.4 is 9.47 Å². The first-order chi connectivity index (χ1) is 13.2. The molecule has 0 fully saturated rings. The van der Waals surface area contributed by atoms with Crippen molar-refractivity contribution in [3.63, 3.8) is 0 Å². The number of ether oxygens (including phenoxy) is 2. The molecule has 0 aliphatic heterocycles. The van der Waals surface area contributed by atoms with Crippen molar-refractivity contribution in [1.82, 2.24) is 4.98 Å². The van der Waals surface area contributed by atoms with Crippen LogP contribution in [0.4, 0.5) is 0 Å². The molecular weight excluding hydrogens is 362 g/mol. The zero-order valence-corrected chi connectivity index (χ0v) is 15.5. The molecule has 0 saturated carbocycles. The number of pyridine rings is 1. The standard InChI is InChI=1S/C22H18ClNO3/c1-2-26-21-14-16(9-11-19-8-3-4-13-24-19)10-12-20(21)27-22(25)17-6-5-7-18(23)15-17/h3-15H,2H2,1H3/b11-9+. The zero-order chi connectivity index (χ0) is 19.1. The minimum Gasteiger partial charge on any atom is -0.490 e. The molecule has 2 aromatic carbocycles. The minimum absolute atomic E-state index is 0.358. The Morgan fingerprint density at radius 3 is 2.67 bits per heavy atom. The summed E-state index contributed by atoms with van der Waals surface area (Å²) < 4.78 is 11.1. The van der Waals surface area contributed by atoms with E-state index in [2.05, 4.69) is 4.98 Å². The molecule has 0 unspecified atom stereocenters. The lowest BCUT2D eigenvalue weighted by Gasteiger charge is -2.11. The number of hydrogen-bond acceptors (Lipinski definition) is 4. The lowest BCUT2D eigenvalue weighted by Crippen LogP contribution is -2.09. The molecule has 3 rings (SSSR count). The topological polar surface area (TPSA) is 48.4 Å². The van der Waals surface area contributed by atoms with Gasteiger partial charge >= 0.3 is 5.97 Å². The van der Waals surface area contributed by atoms with Gasteiger partial charge in [-0.1, -0.05) is 35.9 Å². The van der Waals surface area contributed by atoms with Gasteiger partial charge in [0.2, 0.25) is 0 Å². The Bertz CT molecular complexity index is 955. The fourth-order valence-electron chi connectivity index (χ4n) is 2.41. The number of carbonyl (C=O) groups excluding carboxylic acids is 1. The van der Waals surface area contributed by atoms with Crippen molar-refractivity contribution in [1.29, 1.82) is 0 Å². The Morgan fingerprint density at radius 1 is 1.04 bits per heavy atom. The Kier molecular flexibility index (Phi) is 6.23. The fraction of sp³-hybridized carbons (Fsp3) is 0.0909. The van der Waals surface area contributed by atoms with Gasteiger partial charge in [0.1, 0.15) is 0 Å². The molecule has 0 aliphatic carbocycles. The number of carbonyl (C=O) groups is 1. The predicted octanol–water partition coefficient (Wildman–Crippen LogP) is 5.52. The average Bonchev–Trinajstić information content (AvgIpc) is 2.69.